The van der Waals surface area contributed by atoms with Crippen molar-refractivity contribution in [3.8, 4) is 0 Å². The Kier molecular flexibility index (Phi) is 2.48. The highest BCUT2D eigenvalue weighted by Crippen LogP contribution is 2.44. The van der Waals surface area contributed by atoms with Crippen molar-refractivity contribution in [2.24, 2.45) is 23.7 Å². The van der Waals surface area contributed by atoms with Crippen LogP contribution in [0.25, 0.3) is 0 Å². The van der Waals surface area contributed by atoms with E-state index in [4.69, 9.17) is 5.11 Å². The smallest absolute Gasteiger partial charge is 0.307 e. The maximum Gasteiger partial charge on any atom is 0.307 e. The summed E-state index contributed by atoms with van der Waals surface area (Å²) < 4.78 is 0. The number of likely N-dealkylation sites (tertiary alicyclic amines) is 1. The molecule has 0 unspecified atom stereocenters. The fourth-order valence-corrected chi connectivity index (χ4v) is 2.99. The van der Waals surface area contributed by atoms with Gasteiger partial charge in [-0.3, -0.25) is 19.3 Å². The minimum Gasteiger partial charge on any atom is -0.481 e. The molecule has 2 aliphatic rings. The van der Waals surface area contributed by atoms with Gasteiger partial charge in [0.25, 0.3) is 0 Å². The van der Waals surface area contributed by atoms with Gasteiger partial charge in [0.05, 0.1) is 17.8 Å². The molecule has 0 aromatic carbocycles. The number of rotatable bonds is 1. The summed E-state index contributed by atoms with van der Waals surface area (Å²) in [6.07, 6.45) is 1.33. The lowest BCUT2D eigenvalue weighted by Gasteiger charge is -2.32. The Hall–Kier alpha value is -1.39. The SMILES string of the molecule is C[C@@H]1CC[C@@H]2C(=O)N(C)C(=O)[C@@H]2[C@@H]1C(=O)O. The maximum atomic E-state index is 11.9. The topological polar surface area (TPSA) is 74.7 Å². The molecule has 0 aromatic heterocycles. The van der Waals surface area contributed by atoms with Crippen LogP contribution in [0, 0.1) is 23.7 Å². The van der Waals surface area contributed by atoms with Crippen LogP contribution in [0.5, 0.6) is 0 Å². The summed E-state index contributed by atoms with van der Waals surface area (Å²) in [7, 11) is 1.44. The average molecular weight is 225 g/mol. The molecule has 16 heavy (non-hydrogen) atoms. The molecule has 1 aliphatic heterocycles. The number of hydrogen-bond donors (Lipinski definition) is 1. The Bertz CT molecular complexity index is 365. The second-order valence-electron chi connectivity index (χ2n) is 4.79. The second-order valence-corrected chi connectivity index (χ2v) is 4.79. The number of fused-ring (bicyclic) bond motifs is 1. The van der Waals surface area contributed by atoms with Gasteiger partial charge in [-0.15, -0.1) is 0 Å². The summed E-state index contributed by atoms with van der Waals surface area (Å²) in [6.45, 7) is 1.84. The van der Waals surface area contributed by atoms with Gasteiger partial charge in [0.15, 0.2) is 0 Å². The first-order valence-electron chi connectivity index (χ1n) is 5.49. The van der Waals surface area contributed by atoms with Crippen molar-refractivity contribution in [1.29, 1.82) is 0 Å². The zero-order valence-electron chi connectivity index (χ0n) is 9.34. The highest BCUT2D eigenvalue weighted by atomic mass is 16.4. The van der Waals surface area contributed by atoms with Crippen LogP contribution in [0.1, 0.15) is 19.8 Å². The van der Waals surface area contributed by atoms with Crippen LogP contribution in [-0.2, 0) is 14.4 Å². The van der Waals surface area contributed by atoms with E-state index in [9.17, 15) is 14.4 Å². The van der Waals surface area contributed by atoms with Crippen molar-refractivity contribution >= 4 is 17.8 Å². The molecule has 1 heterocycles. The van der Waals surface area contributed by atoms with E-state index in [0.717, 1.165) is 4.90 Å². The third kappa shape index (κ3) is 1.34. The molecule has 1 saturated carbocycles. The summed E-state index contributed by atoms with van der Waals surface area (Å²) >= 11 is 0. The Balaban J connectivity index is 2.37. The number of carbonyl (C=O) groups is 3. The van der Waals surface area contributed by atoms with Crippen molar-refractivity contribution in [3.05, 3.63) is 0 Å². The normalized spacial score (nSPS) is 38.8. The molecule has 0 spiro atoms. The molecule has 1 N–H and O–H groups in total. The van der Waals surface area contributed by atoms with Crippen LogP contribution in [-0.4, -0.2) is 34.8 Å². The number of carboxylic acid groups (broad SMARTS) is 1. The van der Waals surface area contributed by atoms with Gasteiger partial charge in [-0.05, 0) is 18.8 Å². The molecule has 4 atom stereocenters. The van der Waals surface area contributed by atoms with Gasteiger partial charge in [-0.2, -0.15) is 0 Å². The van der Waals surface area contributed by atoms with Gasteiger partial charge in [0, 0.05) is 7.05 Å². The quantitative estimate of drug-likeness (QED) is 0.653. The van der Waals surface area contributed by atoms with Crippen LogP contribution in [0.4, 0.5) is 0 Å². The van der Waals surface area contributed by atoms with Gasteiger partial charge in [-0.1, -0.05) is 6.92 Å². The average Bonchev–Trinajstić information content (AvgIpc) is 2.43. The minimum absolute atomic E-state index is 0.0398. The van der Waals surface area contributed by atoms with E-state index in [1.54, 1.807) is 0 Å². The zero-order chi connectivity index (χ0) is 12.0. The van der Waals surface area contributed by atoms with E-state index in [1.807, 2.05) is 6.92 Å². The minimum atomic E-state index is -0.960. The molecular formula is C11H15NO4. The van der Waals surface area contributed by atoms with E-state index >= 15 is 0 Å². The van der Waals surface area contributed by atoms with Crippen molar-refractivity contribution in [2.45, 2.75) is 19.8 Å². The van der Waals surface area contributed by atoms with E-state index in [2.05, 4.69) is 0 Å². The number of hydrogen-bond acceptors (Lipinski definition) is 3. The molecule has 2 fully saturated rings. The third-order valence-corrected chi connectivity index (χ3v) is 3.92. The van der Waals surface area contributed by atoms with Crippen LogP contribution in [0.15, 0.2) is 0 Å². The fraction of sp³-hybridized carbons (Fsp3) is 0.727. The molecule has 0 radical (unpaired) electrons. The lowest BCUT2D eigenvalue weighted by molar-refractivity contribution is -0.152. The van der Waals surface area contributed by atoms with Crippen LogP contribution < -0.4 is 0 Å². The number of carbonyl (C=O) groups excluding carboxylic acids is 2. The van der Waals surface area contributed by atoms with E-state index in [-0.39, 0.29) is 17.7 Å². The standard InChI is InChI=1S/C11H15NO4/c1-5-3-4-6-8(7(5)11(15)16)10(14)12(2)9(6)13/h5-8H,3-4H2,1-2H3,(H,15,16)/t5-,6+,7-,8+/m1/s1. The summed E-state index contributed by atoms with van der Waals surface area (Å²) in [5.74, 6) is -3.29. The van der Waals surface area contributed by atoms with Crippen molar-refractivity contribution in [3.63, 3.8) is 0 Å². The number of imide groups is 1. The molecule has 1 aliphatic carbocycles. The third-order valence-electron chi connectivity index (χ3n) is 3.92. The highest BCUT2D eigenvalue weighted by molar-refractivity contribution is 6.06. The fourth-order valence-electron chi connectivity index (χ4n) is 2.99. The van der Waals surface area contributed by atoms with Gasteiger partial charge < -0.3 is 5.11 Å². The highest BCUT2D eigenvalue weighted by Gasteiger charge is 2.55. The molecule has 2 amide bonds. The van der Waals surface area contributed by atoms with Crippen molar-refractivity contribution in [1.82, 2.24) is 4.90 Å². The monoisotopic (exact) mass is 225 g/mol. The summed E-state index contributed by atoms with van der Waals surface area (Å²) in [4.78, 5) is 35.9. The summed E-state index contributed by atoms with van der Waals surface area (Å²) in [5, 5.41) is 9.16. The number of aliphatic carboxylic acids is 1. The van der Waals surface area contributed by atoms with E-state index in [1.165, 1.54) is 7.05 Å². The van der Waals surface area contributed by atoms with Crippen LogP contribution >= 0.6 is 0 Å². The molecule has 0 aromatic rings. The van der Waals surface area contributed by atoms with Gasteiger partial charge in [0.1, 0.15) is 0 Å². The Morgan fingerprint density at radius 3 is 2.50 bits per heavy atom. The molecule has 0 bridgehead atoms. The number of nitrogens with zero attached hydrogens (tertiary/aromatic N) is 1. The van der Waals surface area contributed by atoms with Crippen LogP contribution in [0.2, 0.25) is 0 Å². The van der Waals surface area contributed by atoms with Gasteiger partial charge in [-0.25, -0.2) is 0 Å². The molecule has 1 saturated heterocycles. The Morgan fingerprint density at radius 1 is 1.31 bits per heavy atom. The number of carboxylic acids is 1. The molecule has 5 heteroatoms. The van der Waals surface area contributed by atoms with E-state index < -0.39 is 23.7 Å². The maximum absolute atomic E-state index is 11.9. The predicted octanol–water partition coefficient (Wildman–Crippen LogP) is 0.348. The molecular weight excluding hydrogens is 210 g/mol. The van der Waals surface area contributed by atoms with Crippen molar-refractivity contribution < 1.29 is 19.5 Å². The van der Waals surface area contributed by atoms with Crippen LogP contribution in [0.3, 0.4) is 0 Å². The molecule has 2 rings (SSSR count). The van der Waals surface area contributed by atoms with E-state index in [0.29, 0.717) is 12.8 Å². The first-order valence-corrected chi connectivity index (χ1v) is 5.49. The molecule has 5 nitrogen and oxygen atoms in total. The van der Waals surface area contributed by atoms with Gasteiger partial charge in [0.2, 0.25) is 11.8 Å². The van der Waals surface area contributed by atoms with Gasteiger partial charge >= 0.3 is 5.97 Å². The first-order chi connectivity index (χ1) is 7.45. The Labute approximate surface area is 93.4 Å². The van der Waals surface area contributed by atoms with Crippen molar-refractivity contribution in [2.75, 3.05) is 7.05 Å². The second kappa shape index (κ2) is 3.57. The Morgan fingerprint density at radius 2 is 1.94 bits per heavy atom. The predicted molar refractivity (Wildman–Crippen MR) is 54.3 cm³/mol. The lowest BCUT2D eigenvalue weighted by Crippen LogP contribution is -2.40. The zero-order valence-corrected chi connectivity index (χ0v) is 9.34. The summed E-state index contributed by atoms with van der Waals surface area (Å²) in [6, 6.07) is 0. The molecule has 88 valence electrons. The first kappa shape index (κ1) is 11.1. The lowest BCUT2D eigenvalue weighted by atomic mass is 9.68. The summed E-state index contributed by atoms with van der Waals surface area (Å²) in [5.41, 5.74) is 0. The largest absolute Gasteiger partial charge is 0.481 e. The number of amides is 2.